The smallest absolute Gasteiger partial charge is 0.0732 e. The van der Waals surface area contributed by atoms with E-state index in [0.717, 1.165) is 28.8 Å². The average molecular weight is 487 g/mol. The van der Waals surface area contributed by atoms with Crippen LogP contribution < -0.4 is 0 Å². The van der Waals surface area contributed by atoms with E-state index in [1.807, 2.05) is 30.5 Å². The number of hydrogen-bond acceptors (Lipinski definition) is 2. The van der Waals surface area contributed by atoms with E-state index in [1.165, 1.54) is 45.9 Å². The van der Waals surface area contributed by atoms with E-state index in [0.29, 0.717) is 5.92 Å². The molecule has 7 rings (SSSR count). The maximum absolute atomic E-state index is 6.23. The summed E-state index contributed by atoms with van der Waals surface area (Å²) in [6, 6.07) is 27.6. The molecule has 176 valence electrons. The third-order valence-electron chi connectivity index (χ3n) is 7.27. The molecule has 5 aromatic rings. The van der Waals surface area contributed by atoms with Gasteiger partial charge in [0.2, 0.25) is 0 Å². The van der Waals surface area contributed by atoms with Gasteiger partial charge in [-0.15, -0.1) is 0 Å². The van der Waals surface area contributed by atoms with Crippen molar-refractivity contribution in [2.24, 2.45) is 5.92 Å². The van der Waals surface area contributed by atoms with Gasteiger partial charge in [-0.1, -0.05) is 77.9 Å². The van der Waals surface area contributed by atoms with Gasteiger partial charge in [0.25, 0.3) is 0 Å². The molecular formula is C33H27ClN2. The molecule has 2 heterocycles. The van der Waals surface area contributed by atoms with Crippen molar-refractivity contribution in [3.63, 3.8) is 0 Å². The van der Waals surface area contributed by atoms with Crippen LogP contribution in [-0.2, 0) is 12.8 Å². The van der Waals surface area contributed by atoms with Gasteiger partial charge in [-0.25, -0.2) is 0 Å². The number of nitrogens with zero attached hydrogens (tertiary/aromatic N) is 2. The zero-order valence-electron chi connectivity index (χ0n) is 20.1. The maximum atomic E-state index is 6.23. The lowest BCUT2D eigenvalue weighted by atomic mass is 9.72. The number of halogens is 1. The molecular weight excluding hydrogens is 460 g/mol. The van der Waals surface area contributed by atoms with Gasteiger partial charge in [0.05, 0.1) is 5.52 Å². The number of rotatable bonds is 2. The monoisotopic (exact) mass is 486 g/mol. The van der Waals surface area contributed by atoms with Crippen LogP contribution in [0.2, 0.25) is 5.02 Å². The molecule has 0 N–H and O–H groups in total. The molecule has 0 amide bonds. The summed E-state index contributed by atoms with van der Waals surface area (Å²) in [5.74, 6) is 0.589. The van der Waals surface area contributed by atoms with Crippen LogP contribution in [0.15, 0.2) is 115 Å². The molecule has 0 saturated carbocycles. The van der Waals surface area contributed by atoms with Crippen LogP contribution in [0.1, 0.15) is 29.5 Å². The fraction of sp³-hybridized carbons (Fsp3) is 0.152. The summed E-state index contributed by atoms with van der Waals surface area (Å²) in [5.41, 5.74) is 8.47. The summed E-state index contributed by atoms with van der Waals surface area (Å²) in [6.45, 7) is 0. The predicted octanol–water partition coefficient (Wildman–Crippen LogP) is 8.64. The van der Waals surface area contributed by atoms with Gasteiger partial charge in [-0.2, -0.15) is 0 Å². The van der Waals surface area contributed by atoms with Gasteiger partial charge in [0.15, 0.2) is 0 Å². The third kappa shape index (κ3) is 4.57. The summed E-state index contributed by atoms with van der Waals surface area (Å²) in [7, 11) is 0. The predicted molar refractivity (Wildman–Crippen MR) is 151 cm³/mol. The number of pyridine rings is 2. The van der Waals surface area contributed by atoms with Crippen molar-refractivity contribution < 1.29 is 0 Å². The van der Waals surface area contributed by atoms with Crippen molar-refractivity contribution in [2.75, 3.05) is 0 Å². The molecule has 36 heavy (non-hydrogen) atoms. The maximum Gasteiger partial charge on any atom is 0.0732 e. The van der Waals surface area contributed by atoms with Gasteiger partial charge in [0, 0.05) is 29.0 Å². The second-order valence-electron chi connectivity index (χ2n) is 9.50. The molecule has 0 fully saturated rings. The summed E-state index contributed by atoms with van der Waals surface area (Å²) >= 11 is 6.23. The Morgan fingerprint density at radius 1 is 0.861 bits per heavy atom. The molecule has 1 unspecified atom stereocenters. The van der Waals surface area contributed by atoms with Crippen LogP contribution in [0.3, 0.4) is 0 Å². The van der Waals surface area contributed by atoms with E-state index in [-0.39, 0.29) is 0 Å². The molecule has 2 aliphatic carbocycles. The van der Waals surface area contributed by atoms with Crippen LogP contribution in [0, 0.1) is 5.92 Å². The Morgan fingerprint density at radius 3 is 2.67 bits per heavy atom. The van der Waals surface area contributed by atoms with Crippen molar-refractivity contribution in [3.05, 3.63) is 137 Å². The van der Waals surface area contributed by atoms with Crippen LogP contribution in [0.25, 0.3) is 27.2 Å². The summed E-state index contributed by atoms with van der Waals surface area (Å²) in [6.07, 6.45) is 14.6. The quantitative estimate of drug-likeness (QED) is 0.249. The highest BCUT2D eigenvalue weighted by atomic mass is 35.5. The Morgan fingerprint density at radius 2 is 1.78 bits per heavy atom. The Labute approximate surface area is 217 Å². The minimum atomic E-state index is 0.589. The molecule has 0 bridgehead atoms. The van der Waals surface area contributed by atoms with E-state index < -0.39 is 0 Å². The molecule has 0 aliphatic heterocycles. The Kier molecular flexibility index (Phi) is 6.36. The highest BCUT2D eigenvalue weighted by Gasteiger charge is 2.28. The third-order valence-corrected chi connectivity index (χ3v) is 7.50. The van der Waals surface area contributed by atoms with Crippen LogP contribution in [-0.4, -0.2) is 9.97 Å². The van der Waals surface area contributed by atoms with E-state index in [1.54, 1.807) is 18.0 Å². The second kappa shape index (κ2) is 10.1. The molecule has 3 heteroatoms. The zero-order chi connectivity index (χ0) is 24.3. The largest absolute Gasteiger partial charge is 0.264 e. The van der Waals surface area contributed by atoms with Crippen molar-refractivity contribution >= 4 is 38.8 Å². The van der Waals surface area contributed by atoms with Crippen LogP contribution in [0.5, 0.6) is 0 Å². The number of hydrogen-bond donors (Lipinski definition) is 0. The first-order chi connectivity index (χ1) is 17.8. The van der Waals surface area contributed by atoms with Gasteiger partial charge in [0.1, 0.15) is 0 Å². The minimum absolute atomic E-state index is 0.589. The molecule has 3 aromatic carbocycles. The fourth-order valence-electron chi connectivity index (χ4n) is 5.58. The second-order valence-corrected chi connectivity index (χ2v) is 9.94. The molecule has 2 aliphatic rings. The molecule has 0 spiro atoms. The van der Waals surface area contributed by atoms with E-state index in [2.05, 4.69) is 76.7 Å². The van der Waals surface area contributed by atoms with Gasteiger partial charge < -0.3 is 0 Å². The SMILES string of the molecule is Clc1ccc2c3c(ccc2c1)C1=C(CCC=C1)C(Cc1ccccc1)C3.c1cnc2ccncc2c1. The molecule has 2 aromatic heterocycles. The first kappa shape index (κ1) is 22.7. The van der Waals surface area contributed by atoms with Gasteiger partial charge in [-0.05, 0) is 95.0 Å². The Bertz CT molecular complexity index is 1540. The summed E-state index contributed by atoms with van der Waals surface area (Å²) in [5, 5.41) is 4.51. The first-order valence-corrected chi connectivity index (χ1v) is 12.9. The van der Waals surface area contributed by atoms with E-state index >= 15 is 0 Å². The Balaban J connectivity index is 0.000000200. The van der Waals surface area contributed by atoms with Crippen LogP contribution >= 0.6 is 11.6 Å². The topological polar surface area (TPSA) is 25.8 Å². The fourth-order valence-corrected chi connectivity index (χ4v) is 5.77. The molecule has 2 nitrogen and oxygen atoms in total. The van der Waals surface area contributed by atoms with Crippen LogP contribution in [0.4, 0.5) is 0 Å². The zero-order valence-corrected chi connectivity index (χ0v) is 20.8. The van der Waals surface area contributed by atoms with Crippen molar-refractivity contribution in [2.45, 2.75) is 25.7 Å². The molecule has 0 radical (unpaired) electrons. The lowest BCUT2D eigenvalue weighted by Gasteiger charge is -2.32. The first-order valence-electron chi connectivity index (χ1n) is 12.6. The standard InChI is InChI=1S/C25H21Cl.C8H6N2/c26-20-11-13-22-18(15-20)10-12-24-23-9-5-4-8-21(23)19(16-25(22)24)14-17-6-2-1-3-7-17;1-2-7-6-9-5-3-8(7)10-4-1/h1-3,5-7,9-13,15,19H,4,8,14,16H2;1-6H. The van der Waals surface area contributed by atoms with Gasteiger partial charge >= 0.3 is 0 Å². The van der Waals surface area contributed by atoms with Gasteiger partial charge in [-0.3, -0.25) is 9.97 Å². The number of benzene rings is 3. The Hall–Kier alpha value is -3.75. The number of allylic oxidation sites excluding steroid dienone is 4. The number of fused-ring (bicyclic) bond motifs is 5. The van der Waals surface area contributed by atoms with Crippen molar-refractivity contribution in [1.82, 2.24) is 9.97 Å². The molecule has 1 atom stereocenters. The highest BCUT2D eigenvalue weighted by molar-refractivity contribution is 6.31. The summed E-state index contributed by atoms with van der Waals surface area (Å²) in [4.78, 5) is 8.11. The normalized spacial score (nSPS) is 16.3. The van der Waals surface area contributed by atoms with Crippen molar-refractivity contribution in [3.8, 4) is 0 Å². The number of aromatic nitrogens is 2. The lowest BCUT2D eigenvalue weighted by Crippen LogP contribution is -2.20. The van der Waals surface area contributed by atoms with E-state index in [4.69, 9.17) is 11.6 Å². The highest BCUT2D eigenvalue weighted by Crippen LogP contribution is 2.43. The van der Waals surface area contributed by atoms with Crippen molar-refractivity contribution in [1.29, 1.82) is 0 Å². The van der Waals surface area contributed by atoms with E-state index in [9.17, 15) is 0 Å². The summed E-state index contributed by atoms with van der Waals surface area (Å²) < 4.78 is 0. The molecule has 0 saturated heterocycles. The lowest BCUT2D eigenvalue weighted by molar-refractivity contribution is 0.575. The minimum Gasteiger partial charge on any atom is -0.264 e. The average Bonchev–Trinajstić information content (AvgIpc) is 2.94.